The average molecular weight is 389 g/mol. The van der Waals surface area contributed by atoms with E-state index in [2.05, 4.69) is 20.5 Å². The highest BCUT2D eigenvalue weighted by Crippen LogP contribution is 2.25. The van der Waals surface area contributed by atoms with Crippen LogP contribution in [0.2, 0.25) is 0 Å². The maximum atomic E-state index is 11.9. The van der Waals surface area contributed by atoms with Gasteiger partial charge >= 0.3 is 0 Å². The van der Waals surface area contributed by atoms with E-state index in [1.165, 1.54) is 11.3 Å². The van der Waals surface area contributed by atoms with Crippen molar-refractivity contribution in [1.29, 1.82) is 0 Å². The van der Waals surface area contributed by atoms with Gasteiger partial charge in [-0.1, -0.05) is 18.2 Å². The summed E-state index contributed by atoms with van der Waals surface area (Å²) in [6, 6.07) is 9.58. The van der Waals surface area contributed by atoms with Crippen molar-refractivity contribution in [3.63, 3.8) is 0 Å². The van der Waals surface area contributed by atoms with Crippen LogP contribution < -0.4 is 10.1 Å². The number of aromatic nitrogens is 4. The first-order valence-corrected chi connectivity index (χ1v) is 8.87. The molecule has 1 unspecified atom stereocenters. The number of carbonyl (C=O) groups is 2. The molecule has 0 spiro atoms. The maximum Gasteiger partial charge on any atom is 0.290 e. The Labute approximate surface area is 159 Å². The molecule has 2 aromatic heterocycles. The van der Waals surface area contributed by atoms with E-state index in [1.807, 2.05) is 42.6 Å². The summed E-state index contributed by atoms with van der Waals surface area (Å²) in [5.74, 6) is 0.693. The Hall–Kier alpha value is -3.27. The van der Waals surface area contributed by atoms with Crippen LogP contribution >= 0.6 is 11.3 Å². The van der Waals surface area contributed by atoms with Crippen molar-refractivity contribution in [2.75, 3.05) is 5.32 Å². The van der Waals surface area contributed by atoms with Crippen molar-refractivity contribution >= 4 is 28.8 Å². The number of para-hydroxylation sites is 1. The number of ether oxygens (including phenoxy) is 1. The molecule has 10 heteroatoms. The number of benzene rings is 1. The summed E-state index contributed by atoms with van der Waals surface area (Å²) in [5, 5.41) is 19.6. The van der Waals surface area contributed by atoms with Gasteiger partial charge in [0.15, 0.2) is 5.13 Å². The number of hydrogen-bond donors (Lipinski definition) is 2. The van der Waals surface area contributed by atoms with Gasteiger partial charge in [0.2, 0.25) is 5.91 Å². The lowest BCUT2D eigenvalue weighted by molar-refractivity contribution is -0.123. The van der Waals surface area contributed by atoms with Crippen molar-refractivity contribution in [2.24, 2.45) is 0 Å². The first kappa shape index (κ1) is 20.0. The number of rotatable bonds is 7. The van der Waals surface area contributed by atoms with Gasteiger partial charge in [0.05, 0.1) is 5.69 Å². The lowest BCUT2D eigenvalue weighted by Gasteiger charge is -2.12. The first-order valence-electron chi connectivity index (χ1n) is 7.99. The number of nitrogens with one attached hydrogen (secondary N) is 1. The van der Waals surface area contributed by atoms with Crippen molar-refractivity contribution in [2.45, 2.75) is 26.0 Å². The largest absolute Gasteiger partial charge is 0.484 e. The Balaban J connectivity index is 0.000000817. The molecule has 142 valence electrons. The fraction of sp³-hybridized carbons (Fsp3) is 0.235. The lowest BCUT2D eigenvalue weighted by Crippen LogP contribution is -2.14. The minimum absolute atomic E-state index is 0.0961. The molecule has 3 aromatic rings. The summed E-state index contributed by atoms with van der Waals surface area (Å²) in [6.07, 6.45) is 3.31. The van der Waals surface area contributed by atoms with Crippen LogP contribution in [-0.2, 0) is 16.1 Å². The van der Waals surface area contributed by atoms with E-state index in [0.717, 1.165) is 11.4 Å². The van der Waals surface area contributed by atoms with E-state index < -0.39 is 0 Å². The number of carboxylic acid groups (broad SMARTS) is 1. The molecular weight excluding hydrogens is 370 g/mol. The molecule has 0 radical (unpaired) electrons. The highest BCUT2D eigenvalue weighted by molar-refractivity contribution is 7.13. The molecular formula is C17H19N5O4S. The normalized spacial score (nSPS) is 11.0. The van der Waals surface area contributed by atoms with E-state index in [4.69, 9.17) is 14.6 Å². The summed E-state index contributed by atoms with van der Waals surface area (Å²) in [4.78, 5) is 24.7. The smallest absolute Gasteiger partial charge is 0.290 e. The Bertz CT molecular complexity index is 823. The summed E-state index contributed by atoms with van der Waals surface area (Å²) >= 11 is 1.39. The zero-order valence-electron chi connectivity index (χ0n) is 14.6. The molecule has 1 amide bonds. The number of carbonyl (C=O) groups excluding carboxylic acids is 1. The van der Waals surface area contributed by atoms with Crippen molar-refractivity contribution in [3.8, 4) is 5.75 Å². The molecule has 27 heavy (non-hydrogen) atoms. The highest BCUT2D eigenvalue weighted by Gasteiger charge is 2.13. The SMILES string of the molecule is CC(Oc1ccccc1)c1csc(NC(=O)CCn2cnnc2)n1.O=CO. The Kier molecular flexibility index (Phi) is 7.92. The Morgan fingerprint density at radius 3 is 2.67 bits per heavy atom. The van der Waals surface area contributed by atoms with Crippen LogP contribution in [0.3, 0.4) is 0 Å². The zero-order chi connectivity index (χ0) is 19.5. The Morgan fingerprint density at radius 2 is 2.00 bits per heavy atom. The van der Waals surface area contributed by atoms with Crippen molar-refractivity contribution in [3.05, 3.63) is 54.1 Å². The third kappa shape index (κ3) is 6.86. The second-order valence-electron chi connectivity index (χ2n) is 5.25. The van der Waals surface area contributed by atoms with Crippen molar-refractivity contribution in [1.82, 2.24) is 19.7 Å². The molecule has 3 rings (SSSR count). The van der Waals surface area contributed by atoms with Gasteiger partial charge in [0.25, 0.3) is 6.47 Å². The van der Waals surface area contributed by atoms with Crippen LogP contribution in [0.5, 0.6) is 5.75 Å². The van der Waals surface area contributed by atoms with Gasteiger partial charge < -0.3 is 19.7 Å². The van der Waals surface area contributed by atoms with Gasteiger partial charge in [-0.2, -0.15) is 0 Å². The fourth-order valence-corrected chi connectivity index (χ4v) is 2.85. The number of amides is 1. The average Bonchev–Trinajstić information content (AvgIpc) is 3.33. The van der Waals surface area contributed by atoms with Gasteiger partial charge in [-0.25, -0.2) is 4.98 Å². The van der Waals surface area contributed by atoms with Crippen LogP contribution in [0.1, 0.15) is 25.1 Å². The quantitative estimate of drug-likeness (QED) is 0.596. The number of thiazole rings is 1. The van der Waals surface area contributed by atoms with E-state index >= 15 is 0 Å². The van der Waals surface area contributed by atoms with Crippen LogP contribution in [0, 0.1) is 0 Å². The molecule has 1 aromatic carbocycles. The molecule has 1 atom stereocenters. The summed E-state index contributed by atoms with van der Waals surface area (Å²) < 4.78 is 7.58. The number of aryl methyl sites for hydroxylation is 1. The first-order chi connectivity index (χ1) is 13.1. The number of nitrogens with zero attached hydrogens (tertiary/aromatic N) is 4. The second-order valence-corrected chi connectivity index (χ2v) is 6.11. The van der Waals surface area contributed by atoms with Crippen LogP contribution in [-0.4, -0.2) is 37.2 Å². The van der Waals surface area contributed by atoms with Gasteiger partial charge in [0.1, 0.15) is 24.5 Å². The second kappa shape index (κ2) is 10.7. The number of hydrogen-bond acceptors (Lipinski definition) is 7. The molecule has 2 heterocycles. The van der Waals surface area contributed by atoms with Crippen LogP contribution in [0.15, 0.2) is 48.4 Å². The van der Waals surface area contributed by atoms with Crippen LogP contribution in [0.4, 0.5) is 5.13 Å². The third-order valence-electron chi connectivity index (χ3n) is 3.30. The highest BCUT2D eigenvalue weighted by atomic mass is 32.1. The zero-order valence-corrected chi connectivity index (χ0v) is 15.4. The third-order valence-corrected chi connectivity index (χ3v) is 4.08. The minimum atomic E-state index is -0.250. The molecule has 0 aliphatic heterocycles. The predicted octanol–water partition coefficient (Wildman–Crippen LogP) is 2.60. The summed E-state index contributed by atoms with van der Waals surface area (Å²) in [6.45, 7) is 2.21. The van der Waals surface area contributed by atoms with Gasteiger partial charge in [-0.3, -0.25) is 9.59 Å². The lowest BCUT2D eigenvalue weighted by atomic mass is 10.3. The van der Waals surface area contributed by atoms with Gasteiger partial charge in [-0.05, 0) is 19.1 Å². The fourth-order valence-electron chi connectivity index (χ4n) is 2.04. The van der Waals surface area contributed by atoms with Gasteiger partial charge in [-0.15, -0.1) is 21.5 Å². The van der Waals surface area contributed by atoms with Crippen molar-refractivity contribution < 1.29 is 19.4 Å². The van der Waals surface area contributed by atoms with E-state index in [1.54, 1.807) is 17.2 Å². The molecule has 2 N–H and O–H groups in total. The van der Waals surface area contributed by atoms with E-state index in [-0.39, 0.29) is 18.5 Å². The molecule has 0 saturated carbocycles. The molecule has 0 bridgehead atoms. The molecule has 0 aliphatic carbocycles. The van der Waals surface area contributed by atoms with E-state index in [0.29, 0.717) is 18.1 Å². The predicted molar refractivity (Wildman–Crippen MR) is 99.6 cm³/mol. The summed E-state index contributed by atoms with van der Waals surface area (Å²) in [5.41, 5.74) is 0.790. The van der Waals surface area contributed by atoms with Gasteiger partial charge in [0, 0.05) is 18.3 Å². The molecule has 9 nitrogen and oxygen atoms in total. The minimum Gasteiger partial charge on any atom is -0.484 e. The topological polar surface area (TPSA) is 119 Å². The maximum absolute atomic E-state index is 11.9. The molecule has 0 aliphatic rings. The van der Waals surface area contributed by atoms with E-state index in [9.17, 15) is 4.79 Å². The number of anilines is 1. The molecule has 0 fully saturated rings. The van der Waals surface area contributed by atoms with Crippen LogP contribution in [0.25, 0.3) is 0 Å². The molecule has 0 saturated heterocycles. The summed E-state index contributed by atoms with van der Waals surface area (Å²) in [7, 11) is 0. The standard InChI is InChI=1S/C16H17N5O2S.CH2O2/c1-12(23-13-5-3-2-4-6-13)14-9-24-16(19-14)20-15(22)7-8-21-10-17-18-11-21;2-1-3/h2-6,9-12H,7-8H2,1H3,(H,19,20,22);1H,(H,2,3). The Morgan fingerprint density at radius 1 is 1.33 bits per heavy atom. The monoisotopic (exact) mass is 389 g/mol.